The van der Waals surface area contributed by atoms with E-state index in [4.69, 9.17) is 0 Å². The molecule has 0 heterocycles. The molecule has 0 bridgehead atoms. The summed E-state index contributed by atoms with van der Waals surface area (Å²) in [6, 6.07) is 0. The molecule has 0 aliphatic rings. The van der Waals surface area contributed by atoms with Crippen LogP contribution in [0.3, 0.4) is 0 Å². The largest absolute Gasteiger partial charge is 0.240 e. The molecule has 0 spiro atoms. The van der Waals surface area contributed by atoms with Crippen molar-refractivity contribution in [3.05, 3.63) is 12.2 Å². The van der Waals surface area contributed by atoms with Crippen molar-refractivity contribution in [3.8, 4) is 0 Å². The van der Waals surface area contributed by atoms with Crippen molar-refractivity contribution in [2.75, 3.05) is 0 Å². The summed E-state index contributed by atoms with van der Waals surface area (Å²) in [5.74, 6) is 0. The number of hydrogen-bond donors (Lipinski definition) is 0. The Kier molecular flexibility index (Phi) is 2.74. The van der Waals surface area contributed by atoms with E-state index in [1.54, 1.807) is 19.9 Å². The van der Waals surface area contributed by atoms with E-state index in [0.717, 1.165) is 6.42 Å². The Labute approximate surface area is 50.4 Å². The van der Waals surface area contributed by atoms with Gasteiger partial charge >= 0.3 is 0 Å². The average Bonchev–Trinajstić information content (AvgIpc) is 1.59. The summed E-state index contributed by atoms with van der Waals surface area (Å²) in [5.41, 5.74) is -1.13. The fraction of sp³-hybridized carbons (Fsp3) is 0.714. The number of halogens is 1. The maximum atomic E-state index is 12.5. The summed E-state index contributed by atoms with van der Waals surface area (Å²) in [4.78, 5) is 0. The van der Waals surface area contributed by atoms with Gasteiger partial charge in [-0.25, -0.2) is 4.39 Å². The van der Waals surface area contributed by atoms with Gasteiger partial charge in [0.1, 0.15) is 5.67 Å². The fourth-order valence-corrected chi connectivity index (χ4v) is 0.398. The van der Waals surface area contributed by atoms with Crippen LogP contribution in [0.2, 0.25) is 0 Å². The minimum absolute atomic E-state index is 0.910. The molecule has 8 heavy (non-hydrogen) atoms. The molecule has 0 aromatic heterocycles. The molecule has 0 saturated heterocycles. The van der Waals surface area contributed by atoms with Crippen LogP contribution in [0.1, 0.15) is 27.2 Å². The van der Waals surface area contributed by atoms with Crippen molar-refractivity contribution in [3.63, 3.8) is 0 Å². The van der Waals surface area contributed by atoms with Crippen LogP contribution in [0.4, 0.5) is 4.39 Å². The standard InChI is InChI=1S/C7H13F/c1-4-5-6-7(2,3)8/h5-6H,4H2,1-3H3/b6-5-. The lowest BCUT2D eigenvalue weighted by Gasteiger charge is -2.04. The average molecular weight is 116 g/mol. The molecule has 0 aromatic carbocycles. The second-order valence-corrected chi connectivity index (χ2v) is 2.38. The van der Waals surface area contributed by atoms with Gasteiger partial charge in [0.25, 0.3) is 0 Å². The molecule has 0 unspecified atom stereocenters. The number of alkyl halides is 1. The Morgan fingerprint density at radius 2 is 2.00 bits per heavy atom. The van der Waals surface area contributed by atoms with Crippen LogP contribution in [0, 0.1) is 0 Å². The van der Waals surface area contributed by atoms with E-state index in [2.05, 4.69) is 0 Å². The fourth-order valence-electron chi connectivity index (χ4n) is 0.398. The van der Waals surface area contributed by atoms with E-state index in [1.165, 1.54) is 0 Å². The first-order valence-corrected chi connectivity index (χ1v) is 2.93. The highest BCUT2D eigenvalue weighted by Gasteiger charge is 2.07. The van der Waals surface area contributed by atoms with Gasteiger partial charge in [-0.05, 0) is 20.3 Å². The maximum Gasteiger partial charge on any atom is 0.123 e. The van der Waals surface area contributed by atoms with Crippen LogP contribution in [-0.4, -0.2) is 5.67 Å². The van der Waals surface area contributed by atoms with Crippen LogP contribution >= 0.6 is 0 Å². The van der Waals surface area contributed by atoms with Gasteiger partial charge in [0.15, 0.2) is 0 Å². The predicted molar refractivity (Wildman–Crippen MR) is 34.6 cm³/mol. The Morgan fingerprint density at radius 3 is 2.12 bits per heavy atom. The lowest BCUT2D eigenvalue weighted by atomic mass is 10.1. The summed E-state index contributed by atoms with van der Waals surface area (Å²) >= 11 is 0. The zero-order valence-corrected chi connectivity index (χ0v) is 5.74. The number of hydrogen-bond acceptors (Lipinski definition) is 0. The molecule has 0 fully saturated rings. The lowest BCUT2D eigenvalue weighted by Crippen LogP contribution is -2.05. The van der Waals surface area contributed by atoms with Gasteiger partial charge in [-0.2, -0.15) is 0 Å². The van der Waals surface area contributed by atoms with E-state index < -0.39 is 5.67 Å². The van der Waals surface area contributed by atoms with Crippen LogP contribution < -0.4 is 0 Å². The van der Waals surface area contributed by atoms with Gasteiger partial charge < -0.3 is 0 Å². The Morgan fingerprint density at radius 1 is 1.50 bits per heavy atom. The molecule has 0 aliphatic heterocycles. The molecule has 0 radical (unpaired) electrons. The molecule has 0 atom stereocenters. The van der Waals surface area contributed by atoms with Crippen LogP contribution in [-0.2, 0) is 0 Å². The van der Waals surface area contributed by atoms with Gasteiger partial charge in [0.2, 0.25) is 0 Å². The highest BCUT2D eigenvalue weighted by atomic mass is 19.1. The minimum atomic E-state index is -1.13. The van der Waals surface area contributed by atoms with Crippen molar-refractivity contribution < 1.29 is 4.39 Å². The van der Waals surface area contributed by atoms with Crippen LogP contribution in [0.5, 0.6) is 0 Å². The van der Waals surface area contributed by atoms with Gasteiger partial charge in [-0.1, -0.05) is 19.1 Å². The number of rotatable bonds is 2. The summed E-state index contributed by atoms with van der Waals surface area (Å²) in [6.07, 6.45) is 4.32. The second-order valence-electron chi connectivity index (χ2n) is 2.38. The van der Waals surface area contributed by atoms with Gasteiger partial charge in [0, 0.05) is 0 Å². The third-order valence-corrected chi connectivity index (χ3v) is 0.750. The molecule has 1 heteroatoms. The molecular formula is C7H13F. The SMILES string of the molecule is CC/C=C\C(C)(C)F. The van der Waals surface area contributed by atoms with E-state index in [1.807, 2.05) is 13.0 Å². The van der Waals surface area contributed by atoms with Crippen LogP contribution in [0.25, 0.3) is 0 Å². The third kappa shape index (κ3) is 5.67. The highest BCUT2D eigenvalue weighted by Crippen LogP contribution is 2.09. The quantitative estimate of drug-likeness (QED) is 0.486. The summed E-state index contributed by atoms with van der Waals surface area (Å²) in [7, 11) is 0. The highest BCUT2D eigenvalue weighted by molar-refractivity contribution is 4.94. The van der Waals surface area contributed by atoms with E-state index in [0.29, 0.717) is 0 Å². The molecule has 0 rings (SSSR count). The maximum absolute atomic E-state index is 12.5. The molecule has 0 N–H and O–H groups in total. The second kappa shape index (κ2) is 2.85. The molecule has 0 aromatic rings. The predicted octanol–water partition coefficient (Wildman–Crippen LogP) is 2.70. The number of allylic oxidation sites excluding steroid dienone is 2. The monoisotopic (exact) mass is 116 g/mol. The first-order chi connectivity index (χ1) is 3.56. The Balaban J connectivity index is 3.52. The zero-order chi connectivity index (χ0) is 6.62. The van der Waals surface area contributed by atoms with Crippen molar-refractivity contribution in [1.82, 2.24) is 0 Å². The Bertz CT molecular complexity index is 76.9. The molecular weight excluding hydrogens is 103 g/mol. The Hall–Kier alpha value is -0.330. The smallest absolute Gasteiger partial charge is 0.123 e. The van der Waals surface area contributed by atoms with Crippen molar-refractivity contribution >= 4 is 0 Å². The third-order valence-electron chi connectivity index (χ3n) is 0.750. The lowest BCUT2D eigenvalue weighted by molar-refractivity contribution is 0.286. The van der Waals surface area contributed by atoms with Gasteiger partial charge in [-0.15, -0.1) is 0 Å². The van der Waals surface area contributed by atoms with Crippen molar-refractivity contribution in [2.24, 2.45) is 0 Å². The first kappa shape index (κ1) is 7.67. The molecule has 0 amide bonds. The topological polar surface area (TPSA) is 0 Å². The van der Waals surface area contributed by atoms with Gasteiger partial charge in [-0.3, -0.25) is 0 Å². The van der Waals surface area contributed by atoms with E-state index in [9.17, 15) is 4.39 Å². The molecule has 0 aliphatic carbocycles. The van der Waals surface area contributed by atoms with Crippen LogP contribution in [0.15, 0.2) is 12.2 Å². The van der Waals surface area contributed by atoms with E-state index >= 15 is 0 Å². The van der Waals surface area contributed by atoms with Gasteiger partial charge in [0.05, 0.1) is 0 Å². The zero-order valence-electron chi connectivity index (χ0n) is 5.74. The van der Waals surface area contributed by atoms with E-state index in [-0.39, 0.29) is 0 Å². The molecule has 0 nitrogen and oxygen atoms in total. The first-order valence-electron chi connectivity index (χ1n) is 2.93. The molecule has 48 valence electrons. The minimum Gasteiger partial charge on any atom is -0.240 e. The summed E-state index contributed by atoms with van der Waals surface area (Å²) in [6.45, 7) is 5.07. The summed E-state index contributed by atoms with van der Waals surface area (Å²) < 4.78 is 12.5. The molecule has 0 saturated carbocycles. The van der Waals surface area contributed by atoms with Crippen molar-refractivity contribution in [1.29, 1.82) is 0 Å². The summed E-state index contributed by atoms with van der Waals surface area (Å²) in [5, 5.41) is 0. The normalized spacial score (nSPS) is 13.0. The van der Waals surface area contributed by atoms with Crippen molar-refractivity contribution in [2.45, 2.75) is 32.9 Å².